The third kappa shape index (κ3) is 6.74. The molecular weight excluding hydrogens is 705 g/mol. The molecule has 0 spiro atoms. The number of pyridine rings is 2. The van der Waals surface area contributed by atoms with Crippen molar-refractivity contribution in [3.63, 3.8) is 0 Å². The van der Waals surface area contributed by atoms with E-state index in [4.69, 9.17) is 9.97 Å². The molecule has 10 aromatic rings. The van der Waals surface area contributed by atoms with Gasteiger partial charge >= 0.3 is 0 Å². The SMILES string of the molecule is c1ccc(-c2ccccc2-c2cc3nc(-c4ccc(-c5ccccn5)cc4)c(-c4ccc(-c5ccccn5)cc4)nc3cc2-c2ccccc2-c2ccccc2)cc1. The van der Waals surface area contributed by atoms with E-state index in [1.54, 1.807) is 0 Å². The fourth-order valence-corrected chi connectivity index (χ4v) is 7.79. The molecule has 10 rings (SSSR count). The summed E-state index contributed by atoms with van der Waals surface area (Å²) in [5.74, 6) is 0. The first-order chi connectivity index (χ1) is 28.8. The zero-order valence-corrected chi connectivity index (χ0v) is 31.6. The highest BCUT2D eigenvalue weighted by molar-refractivity contribution is 6.01. The number of hydrogen-bond donors (Lipinski definition) is 0. The first-order valence-corrected chi connectivity index (χ1v) is 19.5. The molecular formula is C54H36N4. The summed E-state index contributed by atoms with van der Waals surface area (Å²) in [5.41, 5.74) is 18.2. The van der Waals surface area contributed by atoms with E-state index in [1.807, 2.05) is 48.8 Å². The Morgan fingerprint density at radius 3 is 0.966 bits per heavy atom. The highest BCUT2D eigenvalue weighted by Gasteiger charge is 2.20. The summed E-state index contributed by atoms with van der Waals surface area (Å²) >= 11 is 0. The molecule has 4 heteroatoms. The molecule has 0 saturated carbocycles. The summed E-state index contributed by atoms with van der Waals surface area (Å²) in [6, 6.07) is 71.9. The van der Waals surface area contributed by atoms with Crippen LogP contribution < -0.4 is 0 Å². The van der Waals surface area contributed by atoms with Crippen molar-refractivity contribution in [1.29, 1.82) is 0 Å². The maximum atomic E-state index is 5.52. The van der Waals surface area contributed by atoms with Crippen LogP contribution in [-0.2, 0) is 0 Å². The minimum Gasteiger partial charge on any atom is -0.256 e. The summed E-state index contributed by atoms with van der Waals surface area (Å²) < 4.78 is 0. The fourth-order valence-electron chi connectivity index (χ4n) is 7.79. The lowest BCUT2D eigenvalue weighted by Gasteiger charge is -2.19. The fraction of sp³-hybridized carbons (Fsp3) is 0. The summed E-state index contributed by atoms with van der Waals surface area (Å²) in [7, 11) is 0. The topological polar surface area (TPSA) is 51.6 Å². The molecule has 0 aliphatic rings. The molecule has 0 atom stereocenters. The van der Waals surface area contributed by atoms with E-state index < -0.39 is 0 Å². The second kappa shape index (κ2) is 15.4. The Morgan fingerprint density at radius 2 is 0.586 bits per heavy atom. The highest BCUT2D eigenvalue weighted by atomic mass is 14.8. The van der Waals surface area contributed by atoms with Gasteiger partial charge in [0, 0.05) is 34.6 Å². The Kier molecular flexibility index (Phi) is 9.18. The Hall–Kier alpha value is -7.82. The average Bonchev–Trinajstić information content (AvgIpc) is 3.32. The van der Waals surface area contributed by atoms with Gasteiger partial charge in [-0.3, -0.25) is 9.97 Å². The smallest absolute Gasteiger partial charge is 0.0973 e. The average molecular weight is 741 g/mol. The van der Waals surface area contributed by atoms with Gasteiger partial charge in [-0.2, -0.15) is 0 Å². The molecule has 0 unspecified atom stereocenters. The van der Waals surface area contributed by atoms with Gasteiger partial charge in [0.15, 0.2) is 0 Å². The van der Waals surface area contributed by atoms with E-state index in [9.17, 15) is 0 Å². The summed E-state index contributed by atoms with van der Waals surface area (Å²) in [5, 5.41) is 0. The van der Waals surface area contributed by atoms with Crippen molar-refractivity contribution in [3.8, 4) is 89.5 Å². The molecule has 0 saturated heterocycles. The number of nitrogens with zero attached hydrogens (tertiary/aromatic N) is 4. The number of benzene rings is 7. The van der Waals surface area contributed by atoms with Crippen LogP contribution in [0.2, 0.25) is 0 Å². The maximum Gasteiger partial charge on any atom is 0.0973 e. The third-order valence-electron chi connectivity index (χ3n) is 10.6. The Balaban J connectivity index is 1.22. The summed E-state index contributed by atoms with van der Waals surface area (Å²) in [6.45, 7) is 0. The monoisotopic (exact) mass is 740 g/mol. The Bertz CT molecular complexity index is 2790. The van der Waals surface area contributed by atoms with Crippen LogP contribution in [0.4, 0.5) is 0 Å². The first-order valence-electron chi connectivity index (χ1n) is 19.5. The predicted molar refractivity (Wildman–Crippen MR) is 239 cm³/mol. The van der Waals surface area contributed by atoms with Gasteiger partial charge in [-0.25, -0.2) is 9.97 Å². The van der Waals surface area contributed by atoms with Crippen molar-refractivity contribution in [2.45, 2.75) is 0 Å². The molecule has 3 aromatic heterocycles. The van der Waals surface area contributed by atoms with Crippen molar-refractivity contribution in [2.24, 2.45) is 0 Å². The van der Waals surface area contributed by atoms with Crippen LogP contribution in [-0.4, -0.2) is 19.9 Å². The van der Waals surface area contributed by atoms with E-state index in [2.05, 4.69) is 180 Å². The highest BCUT2D eigenvalue weighted by Crippen LogP contribution is 2.44. The number of rotatable bonds is 8. The minimum absolute atomic E-state index is 0.811. The zero-order chi connectivity index (χ0) is 38.7. The summed E-state index contributed by atoms with van der Waals surface area (Å²) in [4.78, 5) is 20.2. The van der Waals surface area contributed by atoms with Crippen LogP contribution in [0.5, 0.6) is 0 Å². The minimum atomic E-state index is 0.811. The van der Waals surface area contributed by atoms with E-state index in [0.29, 0.717) is 0 Å². The molecule has 0 N–H and O–H groups in total. The van der Waals surface area contributed by atoms with Crippen molar-refractivity contribution < 1.29 is 0 Å². The Morgan fingerprint density at radius 1 is 0.241 bits per heavy atom. The van der Waals surface area contributed by atoms with Crippen molar-refractivity contribution in [3.05, 3.63) is 219 Å². The van der Waals surface area contributed by atoms with Crippen LogP contribution in [0, 0.1) is 0 Å². The number of hydrogen-bond acceptors (Lipinski definition) is 4. The molecule has 4 nitrogen and oxygen atoms in total. The molecule has 0 amide bonds. The standard InChI is InChI=1S/C54H36N4/c1-3-15-37(16-4-1)43-19-7-9-21-45(43)47-35-51-52(36-48(47)46-22-10-8-20-44(46)38-17-5-2-6-18-38)58-54(42-31-27-40(28-32-42)50-24-12-14-34-56-50)53(57-51)41-29-25-39(26-30-41)49-23-11-13-33-55-49/h1-36H. The van der Waals surface area contributed by atoms with Crippen LogP contribution >= 0.6 is 0 Å². The molecule has 272 valence electrons. The van der Waals surface area contributed by atoms with Gasteiger partial charge in [0.2, 0.25) is 0 Å². The van der Waals surface area contributed by atoms with Crippen LogP contribution in [0.25, 0.3) is 101 Å². The normalized spacial score (nSPS) is 11.1. The van der Waals surface area contributed by atoms with Gasteiger partial charge in [0.05, 0.1) is 33.8 Å². The molecule has 58 heavy (non-hydrogen) atoms. The van der Waals surface area contributed by atoms with Gasteiger partial charge in [-0.1, -0.05) is 170 Å². The van der Waals surface area contributed by atoms with Crippen molar-refractivity contribution >= 4 is 11.0 Å². The lowest BCUT2D eigenvalue weighted by molar-refractivity contribution is 1.29. The van der Waals surface area contributed by atoms with Gasteiger partial charge in [-0.15, -0.1) is 0 Å². The van der Waals surface area contributed by atoms with E-state index in [-0.39, 0.29) is 0 Å². The molecule has 0 radical (unpaired) electrons. The lowest BCUT2D eigenvalue weighted by Crippen LogP contribution is -1.98. The Labute approximate surface area is 337 Å². The molecule has 0 aliphatic carbocycles. The van der Waals surface area contributed by atoms with Gasteiger partial charge in [-0.05, 0) is 80.9 Å². The molecule has 0 bridgehead atoms. The van der Waals surface area contributed by atoms with Crippen molar-refractivity contribution in [2.75, 3.05) is 0 Å². The maximum absolute atomic E-state index is 5.52. The number of fused-ring (bicyclic) bond motifs is 1. The van der Waals surface area contributed by atoms with Gasteiger partial charge in [0.25, 0.3) is 0 Å². The zero-order valence-electron chi connectivity index (χ0n) is 31.6. The van der Waals surface area contributed by atoms with E-state index >= 15 is 0 Å². The van der Waals surface area contributed by atoms with Crippen molar-refractivity contribution in [1.82, 2.24) is 19.9 Å². The number of aromatic nitrogens is 4. The third-order valence-corrected chi connectivity index (χ3v) is 10.6. The van der Waals surface area contributed by atoms with E-state index in [0.717, 1.165) is 101 Å². The van der Waals surface area contributed by atoms with Gasteiger partial charge in [0.1, 0.15) is 0 Å². The van der Waals surface area contributed by atoms with Crippen LogP contribution in [0.15, 0.2) is 219 Å². The molecule has 0 fully saturated rings. The molecule has 0 aliphatic heterocycles. The molecule has 7 aromatic carbocycles. The van der Waals surface area contributed by atoms with Crippen LogP contribution in [0.3, 0.4) is 0 Å². The van der Waals surface area contributed by atoms with Gasteiger partial charge < -0.3 is 0 Å². The molecule has 3 heterocycles. The first kappa shape index (κ1) is 34.7. The largest absolute Gasteiger partial charge is 0.256 e. The quantitative estimate of drug-likeness (QED) is 0.156. The lowest BCUT2D eigenvalue weighted by atomic mass is 9.86. The predicted octanol–water partition coefficient (Wildman–Crippen LogP) is 13.8. The second-order valence-electron chi connectivity index (χ2n) is 14.2. The second-order valence-corrected chi connectivity index (χ2v) is 14.2. The summed E-state index contributed by atoms with van der Waals surface area (Å²) in [6.07, 6.45) is 3.65. The van der Waals surface area contributed by atoms with E-state index in [1.165, 1.54) is 0 Å². The van der Waals surface area contributed by atoms with Crippen LogP contribution in [0.1, 0.15) is 0 Å².